The van der Waals surface area contributed by atoms with Gasteiger partial charge in [0, 0.05) is 11.0 Å². The van der Waals surface area contributed by atoms with Crippen molar-refractivity contribution in [2.45, 2.75) is 38.5 Å². The summed E-state index contributed by atoms with van der Waals surface area (Å²) in [5.41, 5.74) is 4.07. The topological polar surface area (TPSA) is 47.3 Å². The predicted molar refractivity (Wildman–Crippen MR) is 79.9 cm³/mol. The minimum Gasteiger partial charge on any atom is -0.494 e. The van der Waals surface area contributed by atoms with Gasteiger partial charge >= 0.3 is 0 Å². The first-order valence-corrected chi connectivity index (χ1v) is 7.56. The lowest BCUT2D eigenvalue weighted by Crippen LogP contribution is -2.30. The number of thioether (sulfide) groups is 1. The van der Waals surface area contributed by atoms with Crippen molar-refractivity contribution in [1.82, 2.24) is 5.43 Å². The van der Waals surface area contributed by atoms with E-state index in [1.165, 1.54) is 12.0 Å². The number of rotatable bonds is 8. The summed E-state index contributed by atoms with van der Waals surface area (Å²) in [7, 11) is 0. The van der Waals surface area contributed by atoms with Crippen LogP contribution in [0.5, 0.6) is 5.75 Å². The lowest BCUT2D eigenvalue weighted by Gasteiger charge is -2.18. The van der Waals surface area contributed by atoms with Gasteiger partial charge in [-0.2, -0.15) is 11.8 Å². The van der Waals surface area contributed by atoms with Crippen LogP contribution in [0, 0.1) is 0 Å². The summed E-state index contributed by atoms with van der Waals surface area (Å²) in [5, 5.41) is 0.663. The Hall–Kier alpha value is -0.710. The highest BCUT2D eigenvalue weighted by Crippen LogP contribution is 2.24. The summed E-state index contributed by atoms with van der Waals surface area (Å²) in [4.78, 5) is 0. The van der Waals surface area contributed by atoms with Crippen LogP contribution in [0.15, 0.2) is 24.3 Å². The van der Waals surface area contributed by atoms with Crippen LogP contribution in [0.4, 0.5) is 0 Å². The van der Waals surface area contributed by atoms with E-state index in [4.69, 9.17) is 10.6 Å². The monoisotopic (exact) mass is 268 g/mol. The maximum atomic E-state index is 5.65. The van der Waals surface area contributed by atoms with Gasteiger partial charge in [-0.1, -0.05) is 26.0 Å². The van der Waals surface area contributed by atoms with Gasteiger partial charge in [-0.3, -0.25) is 11.3 Å². The van der Waals surface area contributed by atoms with E-state index in [0.717, 1.165) is 11.5 Å². The number of hydrogen-bond acceptors (Lipinski definition) is 4. The molecule has 1 aromatic carbocycles. The van der Waals surface area contributed by atoms with Crippen molar-refractivity contribution in [3.05, 3.63) is 29.8 Å². The highest BCUT2D eigenvalue weighted by Gasteiger charge is 2.12. The fourth-order valence-corrected chi connectivity index (χ4v) is 2.65. The second kappa shape index (κ2) is 8.40. The largest absolute Gasteiger partial charge is 0.494 e. The second-order valence-corrected chi connectivity index (χ2v) is 5.75. The fraction of sp³-hybridized carbons (Fsp3) is 0.571. The van der Waals surface area contributed by atoms with E-state index in [-0.39, 0.29) is 6.04 Å². The third kappa shape index (κ3) is 4.88. The highest BCUT2D eigenvalue weighted by molar-refractivity contribution is 7.99. The summed E-state index contributed by atoms with van der Waals surface area (Å²) in [6.07, 6.45) is 1.18. The van der Waals surface area contributed by atoms with Gasteiger partial charge < -0.3 is 4.74 Å². The predicted octanol–water partition coefficient (Wildman–Crippen LogP) is 3.12. The van der Waals surface area contributed by atoms with Crippen LogP contribution in [0.3, 0.4) is 0 Å². The quantitative estimate of drug-likeness (QED) is 0.562. The molecule has 0 aliphatic heterocycles. The summed E-state index contributed by atoms with van der Waals surface area (Å²) in [6, 6.07) is 8.31. The molecule has 0 amide bonds. The Kier molecular flexibility index (Phi) is 7.16. The van der Waals surface area contributed by atoms with E-state index in [2.05, 4.69) is 31.4 Å². The zero-order chi connectivity index (χ0) is 13.4. The maximum absolute atomic E-state index is 5.65. The molecule has 0 bridgehead atoms. The fourth-order valence-electron chi connectivity index (χ4n) is 1.61. The van der Waals surface area contributed by atoms with Crippen LogP contribution in [-0.4, -0.2) is 17.6 Å². The molecule has 0 saturated carbocycles. The average Bonchev–Trinajstić information content (AvgIpc) is 2.40. The summed E-state index contributed by atoms with van der Waals surface area (Å²) >= 11 is 1.94. The lowest BCUT2D eigenvalue weighted by atomic mass is 10.1. The van der Waals surface area contributed by atoms with E-state index in [9.17, 15) is 0 Å². The first-order valence-electron chi connectivity index (χ1n) is 6.51. The lowest BCUT2D eigenvalue weighted by molar-refractivity contribution is 0.339. The van der Waals surface area contributed by atoms with Gasteiger partial charge in [0.25, 0.3) is 0 Å². The van der Waals surface area contributed by atoms with E-state index in [1.54, 1.807) is 0 Å². The number of benzene rings is 1. The third-order valence-electron chi connectivity index (χ3n) is 2.89. The number of hydrogen-bond donors (Lipinski definition) is 2. The highest BCUT2D eigenvalue weighted by atomic mass is 32.2. The molecule has 1 rings (SSSR count). The number of nitrogens with two attached hydrogens (primary N) is 1. The zero-order valence-corrected chi connectivity index (χ0v) is 12.3. The first kappa shape index (κ1) is 15.3. The van der Waals surface area contributed by atoms with E-state index >= 15 is 0 Å². The summed E-state index contributed by atoms with van der Waals surface area (Å²) in [6.45, 7) is 7.13. The van der Waals surface area contributed by atoms with Crippen LogP contribution < -0.4 is 16.0 Å². The molecule has 2 unspecified atom stereocenters. The molecule has 0 fully saturated rings. The SMILES string of the molecule is CCOc1cccc(C(CSC(C)CC)NN)c1. The maximum Gasteiger partial charge on any atom is 0.119 e. The van der Waals surface area contributed by atoms with E-state index in [0.29, 0.717) is 11.9 Å². The molecule has 3 nitrogen and oxygen atoms in total. The molecule has 0 aliphatic carbocycles. The zero-order valence-electron chi connectivity index (χ0n) is 11.5. The van der Waals surface area contributed by atoms with Crippen LogP contribution in [-0.2, 0) is 0 Å². The standard InChI is InChI=1S/C14H24N2OS/c1-4-11(3)18-10-14(16-15)12-7-6-8-13(9-12)17-5-2/h6-9,11,14,16H,4-5,10,15H2,1-3H3. The summed E-state index contributed by atoms with van der Waals surface area (Å²) < 4.78 is 5.51. The van der Waals surface area contributed by atoms with Crippen LogP contribution in [0.2, 0.25) is 0 Å². The number of ether oxygens (including phenoxy) is 1. The molecule has 4 heteroatoms. The first-order chi connectivity index (χ1) is 8.71. The van der Waals surface area contributed by atoms with Crippen molar-refractivity contribution in [3.63, 3.8) is 0 Å². The van der Waals surface area contributed by atoms with Gasteiger partial charge in [-0.05, 0) is 31.0 Å². The minimum absolute atomic E-state index is 0.171. The Bertz CT molecular complexity index is 346. The molecule has 102 valence electrons. The van der Waals surface area contributed by atoms with Crippen molar-refractivity contribution in [1.29, 1.82) is 0 Å². The third-order valence-corrected chi connectivity index (χ3v) is 4.32. The van der Waals surface area contributed by atoms with Crippen LogP contribution >= 0.6 is 11.8 Å². The van der Waals surface area contributed by atoms with E-state index in [1.807, 2.05) is 30.8 Å². The molecule has 0 heterocycles. The van der Waals surface area contributed by atoms with Gasteiger partial charge in [0.1, 0.15) is 5.75 Å². The van der Waals surface area contributed by atoms with Crippen LogP contribution in [0.25, 0.3) is 0 Å². The Labute approximate surface area is 114 Å². The molecule has 0 spiro atoms. The van der Waals surface area contributed by atoms with Gasteiger partial charge in [-0.25, -0.2) is 0 Å². The van der Waals surface area contributed by atoms with Crippen molar-refractivity contribution in [2.24, 2.45) is 5.84 Å². The molecule has 3 N–H and O–H groups in total. The Morgan fingerprint density at radius 3 is 2.78 bits per heavy atom. The Morgan fingerprint density at radius 1 is 1.39 bits per heavy atom. The van der Waals surface area contributed by atoms with Gasteiger partial charge in [0.2, 0.25) is 0 Å². The van der Waals surface area contributed by atoms with Gasteiger partial charge in [0.05, 0.1) is 12.6 Å². The molecule has 0 aromatic heterocycles. The molecular formula is C14H24N2OS. The Balaban J connectivity index is 2.66. The normalized spacial score (nSPS) is 14.2. The molecule has 2 atom stereocenters. The molecule has 0 radical (unpaired) electrons. The molecular weight excluding hydrogens is 244 g/mol. The van der Waals surface area contributed by atoms with Crippen molar-refractivity contribution < 1.29 is 4.74 Å². The van der Waals surface area contributed by atoms with Crippen LogP contribution in [0.1, 0.15) is 38.8 Å². The number of hydrazine groups is 1. The number of nitrogens with one attached hydrogen (secondary N) is 1. The van der Waals surface area contributed by atoms with E-state index < -0.39 is 0 Å². The molecule has 0 aliphatic rings. The minimum atomic E-state index is 0.171. The average molecular weight is 268 g/mol. The summed E-state index contributed by atoms with van der Waals surface area (Å²) in [5.74, 6) is 7.53. The van der Waals surface area contributed by atoms with Crippen molar-refractivity contribution in [2.75, 3.05) is 12.4 Å². The van der Waals surface area contributed by atoms with Gasteiger partial charge in [-0.15, -0.1) is 0 Å². The smallest absolute Gasteiger partial charge is 0.119 e. The molecule has 1 aromatic rings. The van der Waals surface area contributed by atoms with Gasteiger partial charge in [0.15, 0.2) is 0 Å². The molecule has 0 saturated heterocycles. The van der Waals surface area contributed by atoms with Crippen molar-refractivity contribution >= 4 is 11.8 Å². The Morgan fingerprint density at radius 2 is 2.17 bits per heavy atom. The second-order valence-electron chi connectivity index (χ2n) is 4.28. The molecule has 18 heavy (non-hydrogen) atoms. The van der Waals surface area contributed by atoms with Crippen molar-refractivity contribution in [3.8, 4) is 5.75 Å².